The van der Waals surface area contributed by atoms with Crippen molar-refractivity contribution < 1.29 is 4.52 Å². The highest BCUT2D eigenvalue weighted by Crippen LogP contribution is 2.31. The molecule has 0 bridgehead atoms. The van der Waals surface area contributed by atoms with Crippen molar-refractivity contribution in [3.8, 4) is 0 Å². The molecule has 0 fully saturated rings. The van der Waals surface area contributed by atoms with Crippen LogP contribution in [0.1, 0.15) is 29.5 Å². The van der Waals surface area contributed by atoms with Crippen molar-refractivity contribution in [1.82, 2.24) is 5.16 Å². The van der Waals surface area contributed by atoms with Crippen molar-refractivity contribution in [2.45, 2.75) is 25.8 Å². The van der Waals surface area contributed by atoms with E-state index in [1.165, 1.54) is 0 Å². The van der Waals surface area contributed by atoms with Gasteiger partial charge in [0.2, 0.25) is 0 Å². The van der Waals surface area contributed by atoms with Crippen molar-refractivity contribution in [3.05, 3.63) is 17.0 Å². The predicted octanol–water partition coefficient (Wildman–Crippen LogP) is 0.929. The molecule has 2 N–H and O–H groups in total. The number of aryl methyl sites for hydroxylation is 2. The Bertz CT molecular complexity index is 254. The number of rotatable bonds is 0. The fourth-order valence-electron chi connectivity index (χ4n) is 1.51. The SMILES string of the molecule is Cc1noc2c1C(N)CC2. The Morgan fingerprint density at radius 2 is 2.50 bits per heavy atom. The lowest BCUT2D eigenvalue weighted by Gasteiger charge is -1.98. The number of nitrogens with zero attached hydrogens (tertiary/aromatic N) is 1. The minimum atomic E-state index is 0.168. The summed E-state index contributed by atoms with van der Waals surface area (Å²) in [6.45, 7) is 1.94. The molecule has 1 aliphatic rings. The fraction of sp³-hybridized carbons (Fsp3) is 0.571. The second-order valence-corrected chi connectivity index (χ2v) is 2.75. The van der Waals surface area contributed by atoms with E-state index in [1.54, 1.807) is 0 Å². The Labute approximate surface area is 59.2 Å². The molecule has 2 rings (SSSR count). The molecule has 1 aromatic rings. The summed E-state index contributed by atoms with van der Waals surface area (Å²) in [6.07, 6.45) is 1.97. The molecular weight excluding hydrogens is 128 g/mol. The van der Waals surface area contributed by atoms with E-state index in [2.05, 4.69) is 5.16 Å². The predicted molar refractivity (Wildman–Crippen MR) is 36.5 cm³/mol. The summed E-state index contributed by atoms with van der Waals surface area (Å²) in [6, 6.07) is 0.168. The van der Waals surface area contributed by atoms with E-state index in [0.29, 0.717) is 0 Å². The highest BCUT2D eigenvalue weighted by atomic mass is 16.5. The van der Waals surface area contributed by atoms with Gasteiger partial charge in [-0.25, -0.2) is 0 Å². The first-order valence-electron chi connectivity index (χ1n) is 3.49. The van der Waals surface area contributed by atoms with Gasteiger partial charge in [0.1, 0.15) is 5.76 Å². The highest BCUT2D eigenvalue weighted by molar-refractivity contribution is 5.29. The van der Waals surface area contributed by atoms with Gasteiger partial charge in [-0.2, -0.15) is 0 Å². The summed E-state index contributed by atoms with van der Waals surface area (Å²) < 4.78 is 5.05. The molecule has 0 aliphatic heterocycles. The van der Waals surface area contributed by atoms with Crippen molar-refractivity contribution in [3.63, 3.8) is 0 Å². The van der Waals surface area contributed by atoms with Crippen LogP contribution in [0.4, 0.5) is 0 Å². The van der Waals surface area contributed by atoms with Gasteiger partial charge in [-0.3, -0.25) is 0 Å². The number of hydrogen-bond acceptors (Lipinski definition) is 3. The minimum Gasteiger partial charge on any atom is -0.361 e. The van der Waals surface area contributed by atoms with Crippen LogP contribution in [0.25, 0.3) is 0 Å². The van der Waals surface area contributed by atoms with Crippen molar-refractivity contribution >= 4 is 0 Å². The average Bonchev–Trinajstić information content (AvgIpc) is 2.40. The van der Waals surface area contributed by atoms with Gasteiger partial charge in [0.05, 0.1) is 5.69 Å². The molecule has 3 heteroatoms. The number of hydrogen-bond donors (Lipinski definition) is 1. The molecule has 54 valence electrons. The Hall–Kier alpha value is -0.830. The molecule has 1 atom stereocenters. The lowest BCUT2D eigenvalue weighted by atomic mass is 10.1. The summed E-state index contributed by atoms with van der Waals surface area (Å²) in [4.78, 5) is 0. The third-order valence-electron chi connectivity index (χ3n) is 2.04. The summed E-state index contributed by atoms with van der Waals surface area (Å²) >= 11 is 0. The first-order chi connectivity index (χ1) is 4.79. The van der Waals surface area contributed by atoms with Crippen molar-refractivity contribution in [1.29, 1.82) is 0 Å². The average molecular weight is 138 g/mol. The normalized spacial score (nSPS) is 23.2. The van der Waals surface area contributed by atoms with Crippen LogP contribution in [-0.4, -0.2) is 5.16 Å². The number of aromatic nitrogens is 1. The Balaban J connectivity index is 2.54. The van der Waals surface area contributed by atoms with Gasteiger partial charge in [-0.15, -0.1) is 0 Å². The van der Waals surface area contributed by atoms with E-state index in [9.17, 15) is 0 Å². The van der Waals surface area contributed by atoms with E-state index in [4.69, 9.17) is 10.3 Å². The van der Waals surface area contributed by atoms with Gasteiger partial charge in [0.15, 0.2) is 0 Å². The van der Waals surface area contributed by atoms with Crippen LogP contribution in [0.2, 0.25) is 0 Å². The maximum Gasteiger partial charge on any atom is 0.141 e. The molecule has 0 saturated heterocycles. The topological polar surface area (TPSA) is 52.0 Å². The lowest BCUT2D eigenvalue weighted by molar-refractivity contribution is 0.381. The van der Waals surface area contributed by atoms with Crippen LogP contribution in [0, 0.1) is 6.92 Å². The molecular formula is C7H10N2O. The van der Waals surface area contributed by atoms with Crippen LogP contribution < -0.4 is 5.73 Å². The summed E-state index contributed by atoms with van der Waals surface area (Å²) in [5.74, 6) is 0.991. The van der Waals surface area contributed by atoms with E-state index < -0.39 is 0 Å². The minimum absolute atomic E-state index is 0.168. The standard InChI is InChI=1S/C7H10N2O/c1-4-7-5(8)2-3-6(7)10-9-4/h5H,2-3,8H2,1H3. The molecule has 3 nitrogen and oxygen atoms in total. The van der Waals surface area contributed by atoms with Crippen molar-refractivity contribution in [2.24, 2.45) is 5.73 Å². The molecule has 0 aromatic carbocycles. The molecule has 1 aromatic heterocycles. The molecule has 0 spiro atoms. The van der Waals surface area contributed by atoms with Gasteiger partial charge in [0.25, 0.3) is 0 Å². The molecule has 1 heterocycles. The Morgan fingerprint density at radius 1 is 1.70 bits per heavy atom. The van der Waals surface area contributed by atoms with E-state index in [1.807, 2.05) is 6.92 Å². The summed E-state index contributed by atoms with van der Waals surface area (Å²) in [5.41, 5.74) is 7.89. The highest BCUT2D eigenvalue weighted by Gasteiger charge is 2.25. The first kappa shape index (κ1) is 5.92. The maximum absolute atomic E-state index is 5.79. The largest absolute Gasteiger partial charge is 0.361 e. The smallest absolute Gasteiger partial charge is 0.141 e. The van der Waals surface area contributed by atoms with Crippen LogP contribution in [0.3, 0.4) is 0 Å². The van der Waals surface area contributed by atoms with Crippen molar-refractivity contribution in [2.75, 3.05) is 0 Å². The van der Waals surface area contributed by atoms with Crippen LogP contribution in [-0.2, 0) is 6.42 Å². The molecule has 0 saturated carbocycles. The Morgan fingerprint density at radius 3 is 3.20 bits per heavy atom. The van der Waals surface area contributed by atoms with Gasteiger partial charge in [0, 0.05) is 18.0 Å². The maximum atomic E-state index is 5.79. The van der Waals surface area contributed by atoms with E-state index in [-0.39, 0.29) is 6.04 Å². The third-order valence-corrected chi connectivity index (χ3v) is 2.04. The summed E-state index contributed by atoms with van der Waals surface area (Å²) in [7, 11) is 0. The van der Waals surface area contributed by atoms with Crippen LogP contribution in [0.5, 0.6) is 0 Å². The molecule has 1 aliphatic carbocycles. The summed E-state index contributed by atoms with van der Waals surface area (Å²) in [5, 5.41) is 3.83. The van der Waals surface area contributed by atoms with E-state index >= 15 is 0 Å². The van der Waals surface area contributed by atoms with Gasteiger partial charge >= 0.3 is 0 Å². The van der Waals surface area contributed by atoms with Gasteiger partial charge in [-0.05, 0) is 13.3 Å². The van der Waals surface area contributed by atoms with Crippen LogP contribution >= 0.6 is 0 Å². The molecule has 0 amide bonds. The Kier molecular flexibility index (Phi) is 1.08. The van der Waals surface area contributed by atoms with Gasteiger partial charge in [-0.1, -0.05) is 5.16 Å². The second-order valence-electron chi connectivity index (χ2n) is 2.75. The van der Waals surface area contributed by atoms with Crippen LogP contribution in [0.15, 0.2) is 4.52 Å². The zero-order valence-electron chi connectivity index (χ0n) is 5.92. The second kappa shape index (κ2) is 1.83. The zero-order valence-corrected chi connectivity index (χ0v) is 5.92. The van der Waals surface area contributed by atoms with Gasteiger partial charge < -0.3 is 10.3 Å². The first-order valence-corrected chi connectivity index (χ1v) is 3.49. The molecule has 0 radical (unpaired) electrons. The number of nitrogens with two attached hydrogens (primary N) is 1. The van der Waals surface area contributed by atoms with E-state index in [0.717, 1.165) is 29.9 Å². The molecule has 1 unspecified atom stereocenters. The monoisotopic (exact) mass is 138 g/mol. The number of fused-ring (bicyclic) bond motifs is 1. The molecule has 10 heavy (non-hydrogen) atoms. The lowest BCUT2D eigenvalue weighted by Crippen LogP contribution is -2.05. The third kappa shape index (κ3) is 0.609. The quantitative estimate of drug-likeness (QED) is 0.580. The zero-order chi connectivity index (χ0) is 7.14. The fourth-order valence-corrected chi connectivity index (χ4v) is 1.51.